The number of hydrogen-bond donors (Lipinski definition) is 2. The second-order valence-corrected chi connectivity index (χ2v) is 7.42. The Balaban J connectivity index is 1.67. The summed E-state index contributed by atoms with van der Waals surface area (Å²) in [4.78, 5) is 27.7. The Bertz CT molecular complexity index is 828. The fourth-order valence-corrected chi connectivity index (χ4v) is 3.57. The fraction of sp³-hybridized carbons (Fsp3) is 0.391. The normalized spacial score (nSPS) is 14.6. The molecule has 28 heavy (non-hydrogen) atoms. The highest BCUT2D eigenvalue weighted by Gasteiger charge is 2.21. The van der Waals surface area contributed by atoms with Crippen LogP contribution in [0.15, 0.2) is 48.5 Å². The van der Waals surface area contributed by atoms with Gasteiger partial charge in [0.15, 0.2) is 0 Å². The summed E-state index contributed by atoms with van der Waals surface area (Å²) in [5, 5.41) is 5.87. The number of nitrogens with zero attached hydrogens (tertiary/aromatic N) is 1. The molecule has 5 heteroatoms. The molecule has 3 rings (SSSR count). The van der Waals surface area contributed by atoms with E-state index in [0.717, 1.165) is 36.4 Å². The summed E-state index contributed by atoms with van der Waals surface area (Å²) in [6.45, 7) is 6.07. The molecule has 0 unspecified atom stereocenters. The van der Waals surface area contributed by atoms with Crippen molar-refractivity contribution in [1.29, 1.82) is 0 Å². The molecule has 2 aromatic carbocycles. The van der Waals surface area contributed by atoms with E-state index in [1.54, 1.807) is 6.07 Å². The zero-order valence-corrected chi connectivity index (χ0v) is 16.7. The minimum atomic E-state index is -0.562. The third-order valence-electron chi connectivity index (χ3n) is 5.06. The van der Waals surface area contributed by atoms with E-state index >= 15 is 0 Å². The van der Waals surface area contributed by atoms with Crippen LogP contribution in [0.2, 0.25) is 0 Å². The van der Waals surface area contributed by atoms with Crippen LogP contribution >= 0.6 is 0 Å². The summed E-state index contributed by atoms with van der Waals surface area (Å²) in [6, 6.07) is 14.8. The monoisotopic (exact) mass is 379 g/mol. The fourth-order valence-electron chi connectivity index (χ4n) is 3.57. The number of nitrogens with one attached hydrogen (secondary N) is 2. The van der Waals surface area contributed by atoms with Crippen molar-refractivity contribution in [1.82, 2.24) is 5.32 Å². The molecule has 148 valence electrons. The molecule has 0 aromatic heterocycles. The van der Waals surface area contributed by atoms with Crippen molar-refractivity contribution in [2.75, 3.05) is 23.3 Å². The molecular weight excluding hydrogens is 350 g/mol. The van der Waals surface area contributed by atoms with Crippen LogP contribution in [0.5, 0.6) is 0 Å². The lowest BCUT2D eigenvalue weighted by Crippen LogP contribution is -2.43. The number of rotatable bonds is 7. The van der Waals surface area contributed by atoms with E-state index in [-0.39, 0.29) is 11.8 Å². The van der Waals surface area contributed by atoms with Crippen LogP contribution in [0.4, 0.5) is 11.4 Å². The van der Waals surface area contributed by atoms with Crippen molar-refractivity contribution in [3.63, 3.8) is 0 Å². The Hall–Kier alpha value is -2.82. The molecule has 0 radical (unpaired) electrons. The molecule has 1 saturated heterocycles. The van der Waals surface area contributed by atoms with Crippen molar-refractivity contribution in [3.8, 4) is 0 Å². The number of carbonyl (C=O) groups excluding carboxylic acids is 2. The summed E-state index contributed by atoms with van der Waals surface area (Å²) in [7, 11) is 0. The number of carbonyl (C=O) groups is 2. The van der Waals surface area contributed by atoms with Gasteiger partial charge in [0.2, 0.25) is 5.91 Å². The lowest BCUT2D eigenvalue weighted by Gasteiger charge is -2.20. The maximum absolute atomic E-state index is 12.8. The molecule has 1 fully saturated rings. The van der Waals surface area contributed by atoms with Gasteiger partial charge in [0.1, 0.15) is 6.04 Å². The third kappa shape index (κ3) is 5.12. The zero-order valence-electron chi connectivity index (χ0n) is 16.7. The predicted molar refractivity (Wildman–Crippen MR) is 114 cm³/mol. The highest BCUT2D eigenvalue weighted by atomic mass is 16.2. The van der Waals surface area contributed by atoms with Crippen LogP contribution < -0.4 is 15.5 Å². The maximum Gasteiger partial charge on any atom is 0.251 e. The molecule has 0 saturated carbocycles. The highest BCUT2D eigenvalue weighted by molar-refractivity contribution is 6.01. The molecule has 1 aliphatic heterocycles. The van der Waals surface area contributed by atoms with Crippen LogP contribution in [-0.4, -0.2) is 30.9 Å². The van der Waals surface area contributed by atoms with Crippen molar-refractivity contribution in [2.45, 2.75) is 45.6 Å². The number of aryl methyl sites for hydroxylation is 1. The van der Waals surface area contributed by atoms with E-state index in [9.17, 15) is 9.59 Å². The topological polar surface area (TPSA) is 61.4 Å². The van der Waals surface area contributed by atoms with Gasteiger partial charge in [0.25, 0.3) is 5.91 Å². The molecule has 2 aromatic rings. The molecule has 2 N–H and O–H groups in total. The predicted octanol–water partition coefficient (Wildman–Crippen LogP) is 4.13. The summed E-state index contributed by atoms with van der Waals surface area (Å²) in [5.74, 6) is -0.399. The Kier molecular flexibility index (Phi) is 6.69. The van der Waals surface area contributed by atoms with Gasteiger partial charge in [-0.25, -0.2) is 0 Å². The third-order valence-corrected chi connectivity index (χ3v) is 5.06. The van der Waals surface area contributed by atoms with Crippen LogP contribution in [0, 0.1) is 6.92 Å². The maximum atomic E-state index is 12.8. The molecule has 1 aliphatic rings. The minimum Gasteiger partial charge on any atom is -0.371 e. The van der Waals surface area contributed by atoms with Gasteiger partial charge in [0.05, 0.1) is 0 Å². The van der Waals surface area contributed by atoms with Gasteiger partial charge >= 0.3 is 0 Å². The Labute approximate surface area is 167 Å². The lowest BCUT2D eigenvalue weighted by atomic mass is 10.1. The first-order valence-corrected chi connectivity index (χ1v) is 10.1. The van der Waals surface area contributed by atoms with Gasteiger partial charge in [-0.15, -0.1) is 0 Å². The SMILES string of the molecule is CCC[C@@H](NC(=O)c1cccc(C)c1)C(=O)Nc1cccc(N2CCCC2)c1. The second-order valence-electron chi connectivity index (χ2n) is 7.42. The van der Waals surface area contributed by atoms with Gasteiger partial charge < -0.3 is 15.5 Å². The molecule has 0 spiro atoms. The summed E-state index contributed by atoms with van der Waals surface area (Å²) in [5.41, 5.74) is 3.49. The first kappa shape index (κ1) is 19.9. The lowest BCUT2D eigenvalue weighted by molar-refractivity contribution is -0.118. The Morgan fingerprint density at radius 3 is 2.54 bits per heavy atom. The van der Waals surface area contributed by atoms with E-state index in [1.165, 1.54) is 12.8 Å². The first-order chi connectivity index (χ1) is 13.6. The molecule has 0 aliphatic carbocycles. The van der Waals surface area contributed by atoms with Crippen LogP contribution in [0.1, 0.15) is 48.5 Å². The van der Waals surface area contributed by atoms with E-state index < -0.39 is 6.04 Å². The Morgan fingerprint density at radius 1 is 1.07 bits per heavy atom. The molecule has 1 heterocycles. The van der Waals surface area contributed by atoms with Crippen molar-refractivity contribution in [3.05, 3.63) is 59.7 Å². The molecule has 2 amide bonds. The van der Waals surface area contributed by atoms with E-state index in [2.05, 4.69) is 21.6 Å². The smallest absolute Gasteiger partial charge is 0.251 e. The van der Waals surface area contributed by atoms with E-state index in [0.29, 0.717) is 12.0 Å². The number of amides is 2. The summed E-state index contributed by atoms with van der Waals surface area (Å²) >= 11 is 0. The van der Waals surface area contributed by atoms with Gasteiger partial charge in [-0.2, -0.15) is 0 Å². The highest BCUT2D eigenvalue weighted by Crippen LogP contribution is 2.23. The summed E-state index contributed by atoms with van der Waals surface area (Å²) < 4.78 is 0. The van der Waals surface area contributed by atoms with Crippen molar-refractivity contribution in [2.24, 2.45) is 0 Å². The van der Waals surface area contributed by atoms with Crippen LogP contribution in [-0.2, 0) is 4.79 Å². The van der Waals surface area contributed by atoms with Crippen LogP contribution in [0.3, 0.4) is 0 Å². The quantitative estimate of drug-likeness (QED) is 0.760. The van der Waals surface area contributed by atoms with E-state index in [4.69, 9.17) is 0 Å². The van der Waals surface area contributed by atoms with Crippen LogP contribution in [0.25, 0.3) is 0 Å². The van der Waals surface area contributed by atoms with Gasteiger partial charge in [-0.1, -0.05) is 37.1 Å². The summed E-state index contributed by atoms with van der Waals surface area (Å²) in [6.07, 6.45) is 3.81. The van der Waals surface area contributed by atoms with Crippen molar-refractivity contribution >= 4 is 23.2 Å². The van der Waals surface area contributed by atoms with E-state index in [1.807, 2.05) is 50.2 Å². The number of hydrogen-bond acceptors (Lipinski definition) is 3. The van der Waals surface area contributed by atoms with Gasteiger partial charge in [-0.05, 0) is 56.5 Å². The second kappa shape index (κ2) is 9.40. The average molecular weight is 380 g/mol. The average Bonchev–Trinajstić information content (AvgIpc) is 3.22. The Morgan fingerprint density at radius 2 is 1.82 bits per heavy atom. The largest absolute Gasteiger partial charge is 0.371 e. The minimum absolute atomic E-state index is 0.179. The molecule has 5 nitrogen and oxygen atoms in total. The molecule has 0 bridgehead atoms. The standard InChI is InChI=1S/C23H29N3O2/c1-3-8-21(25-22(27)18-10-6-9-17(2)15-18)23(28)24-19-11-7-12-20(16-19)26-13-4-5-14-26/h6-7,9-12,15-16,21H,3-5,8,13-14H2,1-2H3,(H,24,28)(H,25,27)/t21-/m1/s1. The molecule has 1 atom stereocenters. The zero-order chi connectivity index (χ0) is 19.9. The van der Waals surface area contributed by atoms with Crippen molar-refractivity contribution < 1.29 is 9.59 Å². The molecular formula is C23H29N3O2. The van der Waals surface area contributed by atoms with Gasteiger partial charge in [0, 0.05) is 30.0 Å². The number of anilines is 2. The number of benzene rings is 2. The first-order valence-electron chi connectivity index (χ1n) is 10.1. The van der Waals surface area contributed by atoms with Gasteiger partial charge in [-0.3, -0.25) is 9.59 Å².